The molecule has 64 heavy (non-hydrogen) atoms. The van der Waals surface area contributed by atoms with Crippen molar-refractivity contribution in [3.05, 3.63) is 234 Å². The van der Waals surface area contributed by atoms with Crippen LogP contribution in [0.5, 0.6) is 0 Å². The Morgan fingerprint density at radius 2 is 0.625 bits per heavy atom. The minimum absolute atomic E-state index is 0.0498. The largest absolute Gasteiger partial charge is 0.310 e. The second-order valence-corrected chi connectivity index (χ2v) is 19.7. The summed E-state index contributed by atoms with van der Waals surface area (Å²) in [4.78, 5) is 2.44. The zero-order chi connectivity index (χ0) is 43.5. The summed E-state index contributed by atoms with van der Waals surface area (Å²) < 4.78 is 0. The number of fused-ring (bicyclic) bond motifs is 9. The van der Waals surface area contributed by atoms with Gasteiger partial charge in [0.2, 0.25) is 0 Å². The molecule has 0 N–H and O–H groups in total. The first-order valence-corrected chi connectivity index (χ1v) is 22.8. The summed E-state index contributed by atoms with van der Waals surface area (Å²) in [5, 5.41) is 0. The van der Waals surface area contributed by atoms with Gasteiger partial charge in [-0.3, -0.25) is 0 Å². The van der Waals surface area contributed by atoms with Gasteiger partial charge in [-0.2, -0.15) is 0 Å². The first-order chi connectivity index (χ1) is 31.0. The molecule has 0 saturated heterocycles. The van der Waals surface area contributed by atoms with Crippen LogP contribution in [-0.2, 0) is 16.2 Å². The molecule has 0 spiro atoms. The Morgan fingerprint density at radius 1 is 0.250 bits per heavy atom. The van der Waals surface area contributed by atoms with E-state index < -0.39 is 0 Å². The van der Waals surface area contributed by atoms with Crippen molar-refractivity contribution in [1.82, 2.24) is 0 Å². The van der Waals surface area contributed by atoms with Crippen LogP contribution in [0.4, 0.5) is 17.1 Å². The molecule has 12 rings (SSSR count). The highest BCUT2D eigenvalue weighted by Crippen LogP contribution is 2.54. The van der Waals surface area contributed by atoms with Gasteiger partial charge in [-0.25, -0.2) is 0 Å². The van der Waals surface area contributed by atoms with Crippen molar-refractivity contribution >= 4 is 17.1 Å². The van der Waals surface area contributed by atoms with E-state index in [9.17, 15) is 0 Å². The molecule has 3 aliphatic rings. The lowest BCUT2D eigenvalue weighted by Crippen LogP contribution is -2.15. The topological polar surface area (TPSA) is 3.24 Å². The highest BCUT2D eigenvalue weighted by Gasteiger charge is 2.38. The normalized spacial score (nSPS) is 15.1. The van der Waals surface area contributed by atoms with Crippen molar-refractivity contribution in [2.24, 2.45) is 0 Å². The molecule has 3 aliphatic carbocycles. The molecule has 9 aromatic rings. The van der Waals surface area contributed by atoms with E-state index in [2.05, 4.69) is 247 Å². The molecular formula is C63H51N. The van der Waals surface area contributed by atoms with Gasteiger partial charge in [0.1, 0.15) is 0 Å². The quantitative estimate of drug-likeness (QED) is 0.161. The summed E-state index contributed by atoms with van der Waals surface area (Å²) in [7, 11) is 0. The monoisotopic (exact) mass is 821 g/mol. The minimum atomic E-state index is -0.0694. The van der Waals surface area contributed by atoms with Crippen molar-refractivity contribution < 1.29 is 0 Å². The van der Waals surface area contributed by atoms with E-state index in [1.807, 2.05) is 0 Å². The van der Waals surface area contributed by atoms with Gasteiger partial charge in [-0.05, 0) is 149 Å². The third kappa shape index (κ3) is 5.63. The van der Waals surface area contributed by atoms with Gasteiger partial charge >= 0.3 is 0 Å². The molecule has 0 aromatic heterocycles. The Hall–Kier alpha value is -7.22. The van der Waals surface area contributed by atoms with E-state index in [1.54, 1.807) is 0 Å². The first-order valence-electron chi connectivity index (χ1n) is 22.8. The molecule has 0 radical (unpaired) electrons. The van der Waals surface area contributed by atoms with Crippen LogP contribution in [0.2, 0.25) is 0 Å². The maximum Gasteiger partial charge on any atom is 0.0467 e. The van der Waals surface area contributed by atoms with Gasteiger partial charge in [0.15, 0.2) is 0 Å². The van der Waals surface area contributed by atoms with Gasteiger partial charge < -0.3 is 4.90 Å². The van der Waals surface area contributed by atoms with Crippen LogP contribution in [0.15, 0.2) is 200 Å². The van der Waals surface area contributed by atoms with E-state index in [1.165, 1.54) is 100 Å². The molecule has 1 heteroatoms. The molecule has 0 amide bonds. The van der Waals surface area contributed by atoms with Crippen LogP contribution in [-0.4, -0.2) is 0 Å². The minimum Gasteiger partial charge on any atom is -0.310 e. The predicted octanol–water partition coefficient (Wildman–Crippen LogP) is 17.1. The number of rotatable bonds is 6. The van der Waals surface area contributed by atoms with Crippen molar-refractivity contribution in [3.63, 3.8) is 0 Å². The average Bonchev–Trinajstić information content (AvgIpc) is 3.81. The van der Waals surface area contributed by atoms with Crippen LogP contribution in [0.3, 0.4) is 0 Å². The summed E-state index contributed by atoms with van der Waals surface area (Å²) >= 11 is 0. The van der Waals surface area contributed by atoms with E-state index in [0.717, 1.165) is 17.1 Å². The highest BCUT2D eigenvalue weighted by atomic mass is 15.1. The summed E-state index contributed by atoms with van der Waals surface area (Å²) in [5.74, 6) is 0. The lowest BCUT2D eigenvalue weighted by atomic mass is 9.81. The molecule has 0 aliphatic heterocycles. The molecule has 0 bridgehead atoms. The van der Waals surface area contributed by atoms with Gasteiger partial charge in [-0.1, -0.05) is 193 Å². The van der Waals surface area contributed by atoms with Crippen molar-refractivity contribution in [1.29, 1.82) is 0 Å². The van der Waals surface area contributed by atoms with Crippen LogP contribution in [0.1, 0.15) is 74.9 Å². The van der Waals surface area contributed by atoms with Gasteiger partial charge in [0.25, 0.3) is 0 Å². The third-order valence-electron chi connectivity index (χ3n) is 15.1. The summed E-state index contributed by atoms with van der Waals surface area (Å²) in [6.45, 7) is 14.2. The standard InChI is InChI=1S/C63H51N/c1-61(2)56-26-12-9-22-53(56)60-48(23-15-27-57(60)61)40-28-32-45(33-29-40)64(46-18-13-16-41(36-46)43-30-34-51-49-20-7-10-24-54(49)62(3,4)58(51)38-43)47-19-14-17-42(37-47)44-31-35-52-50-21-8-11-25-55(50)63(5,6)59(52)39-44/h7-39H,1-6H3. The van der Waals surface area contributed by atoms with Crippen LogP contribution < -0.4 is 4.90 Å². The Kier molecular flexibility index (Phi) is 8.35. The zero-order valence-corrected chi connectivity index (χ0v) is 37.5. The van der Waals surface area contributed by atoms with Crippen LogP contribution in [0, 0.1) is 0 Å². The summed E-state index contributed by atoms with van der Waals surface area (Å²) in [6.07, 6.45) is 0. The number of anilines is 3. The second kappa shape index (κ2) is 13.9. The second-order valence-electron chi connectivity index (χ2n) is 19.7. The van der Waals surface area contributed by atoms with Crippen molar-refractivity contribution in [3.8, 4) is 66.8 Å². The van der Waals surface area contributed by atoms with E-state index >= 15 is 0 Å². The summed E-state index contributed by atoms with van der Waals surface area (Å²) in [5.41, 5.74) is 27.0. The SMILES string of the molecule is CC1(C)c2ccccc2-c2ccc(-c3cccc(N(c4ccc(-c5cccc6c5-c5ccccc5C6(C)C)cc4)c4cccc(-c5ccc6c(c5)C(C)(C)c5ccccc5-6)c4)c3)cc21. The fourth-order valence-electron chi connectivity index (χ4n) is 11.6. The highest BCUT2D eigenvalue weighted by molar-refractivity contribution is 5.94. The Labute approximate surface area is 378 Å². The van der Waals surface area contributed by atoms with Crippen molar-refractivity contribution in [2.45, 2.75) is 57.8 Å². The molecule has 308 valence electrons. The number of benzene rings is 9. The number of hydrogen-bond donors (Lipinski definition) is 0. The molecular weight excluding hydrogens is 771 g/mol. The third-order valence-corrected chi connectivity index (χ3v) is 15.1. The van der Waals surface area contributed by atoms with Gasteiger partial charge in [0, 0.05) is 33.3 Å². The van der Waals surface area contributed by atoms with Gasteiger partial charge in [0.05, 0.1) is 0 Å². The first kappa shape index (κ1) is 38.5. The maximum atomic E-state index is 2.44. The summed E-state index contributed by atoms with van der Waals surface area (Å²) in [6, 6.07) is 75.2. The number of hydrogen-bond acceptors (Lipinski definition) is 1. The lowest BCUT2D eigenvalue weighted by Gasteiger charge is -2.27. The predicted molar refractivity (Wildman–Crippen MR) is 270 cm³/mol. The van der Waals surface area contributed by atoms with Crippen LogP contribution in [0.25, 0.3) is 66.8 Å². The average molecular weight is 822 g/mol. The molecule has 0 atom stereocenters. The Morgan fingerprint density at radius 3 is 1.16 bits per heavy atom. The Balaban J connectivity index is 0.975. The molecule has 0 unspecified atom stereocenters. The van der Waals surface area contributed by atoms with E-state index in [4.69, 9.17) is 0 Å². The van der Waals surface area contributed by atoms with Crippen molar-refractivity contribution in [2.75, 3.05) is 4.90 Å². The van der Waals surface area contributed by atoms with Gasteiger partial charge in [-0.15, -0.1) is 0 Å². The zero-order valence-electron chi connectivity index (χ0n) is 37.5. The fourth-order valence-corrected chi connectivity index (χ4v) is 11.6. The molecule has 1 nitrogen and oxygen atoms in total. The van der Waals surface area contributed by atoms with E-state index in [-0.39, 0.29) is 16.2 Å². The lowest BCUT2D eigenvalue weighted by molar-refractivity contribution is 0.660. The number of nitrogens with zero attached hydrogens (tertiary/aromatic N) is 1. The molecule has 9 aromatic carbocycles. The smallest absolute Gasteiger partial charge is 0.0467 e. The fraction of sp³-hybridized carbons (Fsp3) is 0.143. The molecule has 0 saturated carbocycles. The Bertz CT molecular complexity index is 3210. The van der Waals surface area contributed by atoms with E-state index in [0.29, 0.717) is 0 Å². The molecule has 0 heterocycles. The maximum absolute atomic E-state index is 2.44. The van der Waals surface area contributed by atoms with Crippen LogP contribution >= 0.6 is 0 Å². The molecule has 0 fully saturated rings.